The van der Waals surface area contributed by atoms with E-state index in [2.05, 4.69) is 5.32 Å². The molecule has 0 heterocycles. The van der Waals surface area contributed by atoms with Crippen LogP contribution in [0.4, 0.5) is 11.4 Å². The maximum atomic E-state index is 12.1. The molecule has 0 spiro atoms. The summed E-state index contributed by atoms with van der Waals surface area (Å²) in [5.41, 5.74) is 0.921. The van der Waals surface area contributed by atoms with Gasteiger partial charge in [0.05, 0.1) is 4.92 Å². The van der Waals surface area contributed by atoms with Gasteiger partial charge < -0.3 is 10.6 Å². The summed E-state index contributed by atoms with van der Waals surface area (Å²) in [6.45, 7) is 2.08. The Bertz CT molecular complexity index is 751. The topological polar surface area (TPSA) is 88.8 Å². The highest BCUT2D eigenvalue weighted by Crippen LogP contribution is 2.27. The average Bonchev–Trinajstić information content (AvgIpc) is 2.53. The van der Waals surface area contributed by atoms with E-state index in [1.165, 1.54) is 18.2 Å². The van der Waals surface area contributed by atoms with Gasteiger partial charge in [-0.15, -0.1) is 0 Å². The van der Waals surface area contributed by atoms with Crippen LogP contribution in [0.5, 0.6) is 0 Å². The van der Waals surface area contributed by atoms with Gasteiger partial charge in [-0.2, -0.15) is 0 Å². The summed E-state index contributed by atoms with van der Waals surface area (Å²) in [4.78, 5) is 22.5. The van der Waals surface area contributed by atoms with E-state index >= 15 is 0 Å². The average molecular weight is 369 g/mol. The number of benzene rings is 2. The van der Waals surface area contributed by atoms with Crippen molar-refractivity contribution in [1.29, 1.82) is 0 Å². The van der Waals surface area contributed by atoms with Gasteiger partial charge in [-0.25, -0.2) is 0 Å². The Hall–Kier alpha value is -2.15. The van der Waals surface area contributed by atoms with Crippen molar-refractivity contribution >= 4 is 40.5 Å². The number of carbonyl (C=O) groups excluding carboxylic acids is 1. The van der Waals surface area contributed by atoms with Crippen LogP contribution in [0.2, 0.25) is 10.0 Å². The number of nitrogens with two attached hydrogens (primary N) is 1. The minimum Gasteiger partial charge on any atom is -0.333 e. The quantitative estimate of drug-likeness (QED) is 0.606. The van der Waals surface area contributed by atoms with Gasteiger partial charge in [0.25, 0.3) is 11.6 Å². The molecule has 0 aliphatic carbocycles. The van der Waals surface area contributed by atoms with Gasteiger partial charge in [-0.3, -0.25) is 14.9 Å². The van der Waals surface area contributed by atoms with E-state index in [-0.39, 0.29) is 29.9 Å². The number of hydrogen-bond donors (Lipinski definition) is 2. The first kappa shape index (κ1) is 18.2. The Morgan fingerprint density at radius 3 is 2.46 bits per heavy atom. The van der Waals surface area contributed by atoms with E-state index in [9.17, 15) is 14.9 Å². The van der Waals surface area contributed by atoms with Crippen LogP contribution in [0.3, 0.4) is 0 Å². The molecule has 0 saturated carbocycles. The van der Waals surface area contributed by atoms with Crippen molar-refractivity contribution in [3.63, 3.8) is 0 Å². The molecule has 6 nitrogen and oxygen atoms in total. The maximum Gasteiger partial charge on any atom is 0.292 e. The molecule has 0 bridgehead atoms. The van der Waals surface area contributed by atoms with Crippen LogP contribution in [0.25, 0.3) is 0 Å². The van der Waals surface area contributed by atoms with Crippen molar-refractivity contribution in [3.05, 3.63) is 68.2 Å². The van der Waals surface area contributed by atoms with Crippen LogP contribution in [-0.2, 0) is 4.79 Å². The van der Waals surface area contributed by atoms with Crippen molar-refractivity contribution in [1.82, 2.24) is 0 Å². The zero-order valence-corrected chi connectivity index (χ0v) is 14.3. The Morgan fingerprint density at radius 1 is 1.21 bits per heavy atom. The van der Waals surface area contributed by atoms with Crippen LogP contribution in [0.1, 0.15) is 18.5 Å². The highest BCUT2D eigenvalue weighted by molar-refractivity contribution is 6.31. The minimum atomic E-state index is -0.564. The number of rotatable bonds is 6. The van der Waals surface area contributed by atoms with E-state index in [1.807, 2.05) is 24.4 Å². The highest BCUT2D eigenvalue weighted by atomic mass is 35.5. The second kappa shape index (κ2) is 8.10. The number of nitrogens with zero attached hydrogens (tertiary/aromatic N) is 1. The smallest absolute Gasteiger partial charge is 0.292 e. The van der Waals surface area contributed by atoms with Crippen LogP contribution in [-0.4, -0.2) is 17.4 Å². The summed E-state index contributed by atoms with van der Waals surface area (Å²) < 4.78 is 0. The second-order valence-corrected chi connectivity index (χ2v) is 6.12. The van der Waals surface area contributed by atoms with Gasteiger partial charge in [0.15, 0.2) is 6.54 Å². The molecule has 0 aromatic heterocycles. The van der Waals surface area contributed by atoms with Gasteiger partial charge in [-0.05, 0) is 31.2 Å². The summed E-state index contributed by atoms with van der Waals surface area (Å²) in [5, 5.41) is 16.3. The lowest BCUT2D eigenvalue weighted by molar-refractivity contribution is -0.682. The predicted octanol–water partition coefficient (Wildman–Crippen LogP) is 3.16. The summed E-state index contributed by atoms with van der Waals surface area (Å²) >= 11 is 11.7. The van der Waals surface area contributed by atoms with Crippen LogP contribution < -0.4 is 10.6 Å². The Morgan fingerprint density at radius 2 is 1.83 bits per heavy atom. The molecule has 0 fully saturated rings. The van der Waals surface area contributed by atoms with Gasteiger partial charge in [0, 0.05) is 21.7 Å². The van der Waals surface area contributed by atoms with E-state index in [4.69, 9.17) is 23.2 Å². The molecule has 126 valence electrons. The van der Waals surface area contributed by atoms with Crippen LogP contribution in [0, 0.1) is 10.1 Å². The molecule has 0 radical (unpaired) electrons. The van der Waals surface area contributed by atoms with E-state index in [0.29, 0.717) is 10.0 Å². The lowest BCUT2D eigenvalue weighted by Gasteiger charge is -2.11. The second-order valence-electron chi connectivity index (χ2n) is 5.25. The molecule has 0 unspecified atom stereocenters. The van der Waals surface area contributed by atoms with Gasteiger partial charge in [0.1, 0.15) is 11.7 Å². The normalized spacial score (nSPS) is 11.8. The zero-order valence-electron chi connectivity index (χ0n) is 12.8. The SMILES string of the molecule is C[C@H]([NH2+]CC(=O)Nc1cc(Cl)ccc1[N+](=O)[O-])c1ccc(Cl)cc1. The molecule has 0 aliphatic rings. The molecule has 1 amide bonds. The Labute approximate surface area is 148 Å². The molecule has 8 heteroatoms. The van der Waals surface area contributed by atoms with E-state index in [1.54, 1.807) is 12.1 Å². The van der Waals surface area contributed by atoms with E-state index < -0.39 is 4.92 Å². The number of nitrogens with one attached hydrogen (secondary N) is 1. The number of anilines is 1. The monoisotopic (exact) mass is 368 g/mol. The van der Waals surface area contributed by atoms with Crippen LogP contribution in [0.15, 0.2) is 42.5 Å². The molecular formula is C16H16Cl2N3O3+. The van der Waals surface area contributed by atoms with Crippen molar-refractivity contribution in [3.8, 4) is 0 Å². The van der Waals surface area contributed by atoms with Gasteiger partial charge in [-0.1, -0.05) is 35.3 Å². The first-order valence-electron chi connectivity index (χ1n) is 7.19. The fourth-order valence-electron chi connectivity index (χ4n) is 2.16. The highest BCUT2D eigenvalue weighted by Gasteiger charge is 2.18. The summed E-state index contributed by atoms with van der Waals surface area (Å²) in [7, 11) is 0. The number of quaternary nitrogens is 1. The lowest BCUT2D eigenvalue weighted by Crippen LogP contribution is -2.86. The number of halogens is 2. The molecule has 0 aliphatic heterocycles. The summed E-state index contributed by atoms with van der Waals surface area (Å²) in [6, 6.07) is 11.4. The van der Waals surface area contributed by atoms with Crippen molar-refractivity contribution in [2.24, 2.45) is 0 Å². The summed E-state index contributed by atoms with van der Waals surface area (Å²) in [5.74, 6) is -0.346. The standard InChI is InChI=1S/C16H15Cl2N3O3/c1-10(11-2-4-12(17)5-3-11)19-9-16(22)20-14-8-13(18)6-7-15(14)21(23)24/h2-8,10,19H,9H2,1H3,(H,20,22)/p+1/t10-/m0/s1. The van der Waals surface area contributed by atoms with Crippen molar-refractivity contribution in [2.45, 2.75) is 13.0 Å². The minimum absolute atomic E-state index is 0.0439. The largest absolute Gasteiger partial charge is 0.333 e. The molecule has 2 aromatic carbocycles. The lowest BCUT2D eigenvalue weighted by atomic mass is 10.1. The number of hydrogen-bond acceptors (Lipinski definition) is 3. The Kier molecular flexibility index (Phi) is 6.14. The van der Waals surface area contributed by atoms with Gasteiger partial charge in [0.2, 0.25) is 0 Å². The predicted molar refractivity (Wildman–Crippen MR) is 93.4 cm³/mol. The maximum absolute atomic E-state index is 12.1. The fourth-order valence-corrected chi connectivity index (χ4v) is 2.45. The van der Waals surface area contributed by atoms with Crippen LogP contribution >= 0.6 is 23.2 Å². The molecule has 24 heavy (non-hydrogen) atoms. The number of nitro groups is 1. The Balaban J connectivity index is 1.97. The first-order valence-corrected chi connectivity index (χ1v) is 7.95. The van der Waals surface area contributed by atoms with Gasteiger partial charge >= 0.3 is 0 Å². The molecule has 3 N–H and O–H groups in total. The van der Waals surface area contributed by atoms with Crippen molar-refractivity contribution < 1.29 is 15.0 Å². The number of nitro benzene ring substituents is 1. The summed E-state index contributed by atoms with van der Waals surface area (Å²) in [6.07, 6.45) is 0. The zero-order chi connectivity index (χ0) is 17.7. The van der Waals surface area contributed by atoms with E-state index in [0.717, 1.165) is 5.56 Å². The number of carbonyl (C=O) groups is 1. The molecule has 0 saturated heterocycles. The molecule has 2 aromatic rings. The molecular weight excluding hydrogens is 353 g/mol. The third-order valence-electron chi connectivity index (χ3n) is 3.48. The molecule has 2 rings (SSSR count). The molecule has 1 atom stereocenters. The number of amides is 1. The van der Waals surface area contributed by atoms with Crippen molar-refractivity contribution in [2.75, 3.05) is 11.9 Å². The third kappa shape index (κ3) is 4.92. The third-order valence-corrected chi connectivity index (χ3v) is 3.97. The fraction of sp³-hybridized carbons (Fsp3) is 0.188. The first-order chi connectivity index (χ1) is 11.4.